The lowest BCUT2D eigenvalue weighted by molar-refractivity contribution is -0.137. The van der Waals surface area contributed by atoms with Crippen LogP contribution in [0.25, 0.3) is 0 Å². The third kappa shape index (κ3) is 8.68. The molecule has 1 aliphatic rings. The third-order valence-electron chi connectivity index (χ3n) is 4.68. The smallest absolute Gasteiger partial charge is 0.357 e. The highest BCUT2D eigenvalue weighted by Gasteiger charge is 2.29. The van der Waals surface area contributed by atoms with Gasteiger partial charge in [-0.2, -0.15) is 13.2 Å². The first kappa shape index (κ1) is 24.0. The normalized spacial score (nSPS) is 16.7. The molecule has 4 nitrogen and oxygen atoms in total. The number of aliphatic imine (C=N–C) groups is 1. The summed E-state index contributed by atoms with van der Waals surface area (Å²) in [5.74, 6) is 1.40. The van der Waals surface area contributed by atoms with Crippen LogP contribution in [0, 0.1) is 5.92 Å². The van der Waals surface area contributed by atoms with Gasteiger partial charge in [0.25, 0.3) is 0 Å². The van der Waals surface area contributed by atoms with E-state index in [4.69, 9.17) is 0 Å². The van der Waals surface area contributed by atoms with Gasteiger partial charge in [-0.25, -0.2) is 0 Å². The maximum absolute atomic E-state index is 12.6. The number of hydrogen-bond acceptors (Lipinski definition) is 2. The van der Waals surface area contributed by atoms with Crippen LogP contribution in [0.3, 0.4) is 0 Å². The second-order valence-corrected chi connectivity index (χ2v) is 6.84. The van der Waals surface area contributed by atoms with Crippen LogP contribution in [-0.2, 0) is 12.6 Å². The topological polar surface area (TPSA) is 39.7 Å². The number of nitrogens with zero attached hydrogens (tertiary/aromatic N) is 2. The zero-order chi connectivity index (χ0) is 19.0. The van der Waals surface area contributed by atoms with Gasteiger partial charge in [0.2, 0.25) is 0 Å². The number of hydrogen-bond donors (Lipinski definition) is 2. The lowest BCUT2D eigenvalue weighted by Crippen LogP contribution is -2.39. The summed E-state index contributed by atoms with van der Waals surface area (Å²) in [5.41, 5.74) is 0.263. The van der Waals surface area contributed by atoms with Crippen molar-refractivity contribution in [2.45, 2.75) is 32.4 Å². The fraction of sp³-hybridized carbons (Fsp3) is 0.632. The van der Waals surface area contributed by atoms with Crippen LogP contribution >= 0.6 is 24.0 Å². The van der Waals surface area contributed by atoms with Crippen molar-refractivity contribution in [2.75, 3.05) is 39.8 Å². The van der Waals surface area contributed by atoms with E-state index in [9.17, 15) is 13.2 Å². The van der Waals surface area contributed by atoms with Gasteiger partial charge < -0.3 is 15.5 Å². The summed E-state index contributed by atoms with van der Waals surface area (Å²) in [6.45, 7) is 6.48. The van der Waals surface area contributed by atoms with Crippen LogP contribution in [0.2, 0.25) is 0 Å². The number of benzene rings is 1. The van der Waals surface area contributed by atoms with Gasteiger partial charge in [-0.15, -0.1) is 24.0 Å². The zero-order valence-corrected chi connectivity index (χ0v) is 18.3. The van der Waals surface area contributed by atoms with Crippen molar-refractivity contribution in [1.82, 2.24) is 15.5 Å². The molecule has 0 radical (unpaired) electrons. The molecule has 0 amide bonds. The SMILES string of the molecule is CCNC(=NCC1CCN(C)CC1)NCCc1ccc(C(F)(F)F)cc1.I. The van der Waals surface area contributed by atoms with E-state index in [0.29, 0.717) is 18.9 Å². The summed E-state index contributed by atoms with van der Waals surface area (Å²) < 4.78 is 37.7. The van der Waals surface area contributed by atoms with Crippen molar-refractivity contribution < 1.29 is 13.2 Å². The Labute approximate surface area is 177 Å². The van der Waals surface area contributed by atoms with Gasteiger partial charge in [-0.3, -0.25) is 4.99 Å². The molecule has 8 heteroatoms. The van der Waals surface area contributed by atoms with Crippen molar-refractivity contribution in [1.29, 1.82) is 0 Å². The molecular weight excluding hydrogens is 468 g/mol. The lowest BCUT2D eigenvalue weighted by Gasteiger charge is -2.28. The minimum atomic E-state index is -4.28. The van der Waals surface area contributed by atoms with Crippen molar-refractivity contribution >= 4 is 29.9 Å². The molecule has 0 bridgehead atoms. The zero-order valence-electron chi connectivity index (χ0n) is 16.0. The van der Waals surface area contributed by atoms with E-state index in [-0.39, 0.29) is 24.0 Å². The number of rotatable bonds is 6. The van der Waals surface area contributed by atoms with Crippen molar-refractivity contribution in [3.05, 3.63) is 35.4 Å². The largest absolute Gasteiger partial charge is 0.416 e. The van der Waals surface area contributed by atoms with Gasteiger partial charge in [-0.1, -0.05) is 12.1 Å². The molecule has 0 saturated carbocycles. The van der Waals surface area contributed by atoms with Crippen LogP contribution in [-0.4, -0.2) is 50.6 Å². The molecule has 27 heavy (non-hydrogen) atoms. The van der Waals surface area contributed by atoms with Crippen molar-refractivity contribution in [3.63, 3.8) is 0 Å². The Morgan fingerprint density at radius 3 is 2.33 bits per heavy atom. The number of likely N-dealkylation sites (tertiary alicyclic amines) is 1. The molecule has 1 aromatic carbocycles. The summed E-state index contributed by atoms with van der Waals surface area (Å²) in [6.07, 6.45) is -1.29. The molecule has 0 aliphatic carbocycles. The van der Waals surface area contributed by atoms with E-state index in [1.54, 1.807) is 0 Å². The summed E-state index contributed by atoms with van der Waals surface area (Å²) in [4.78, 5) is 7.01. The highest BCUT2D eigenvalue weighted by atomic mass is 127. The first-order valence-electron chi connectivity index (χ1n) is 9.25. The Morgan fingerprint density at radius 2 is 1.78 bits per heavy atom. The maximum Gasteiger partial charge on any atom is 0.416 e. The van der Waals surface area contributed by atoms with Gasteiger partial charge >= 0.3 is 6.18 Å². The predicted octanol–water partition coefficient (Wildman–Crippen LogP) is 3.76. The molecule has 1 fully saturated rings. The first-order chi connectivity index (χ1) is 12.4. The minimum Gasteiger partial charge on any atom is -0.357 e. The molecule has 1 aliphatic heterocycles. The highest BCUT2D eigenvalue weighted by molar-refractivity contribution is 14.0. The summed E-state index contributed by atoms with van der Waals surface area (Å²) in [6, 6.07) is 5.34. The second kappa shape index (κ2) is 11.7. The standard InChI is InChI=1S/C19H29F3N4.HI/c1-3-23-18(25-14-16-9-12-26(2)13-10-16)24-11-8-15-4-6-17(7-5-15)19(20,21)22;/h4-7,16H,3,8-14H2,1-2H3,(H2,23,24,25);1H. The quantitative estimate of drug-likeness (QED) is 0.357. The Hall–Kier alpha value is -1.03. The van der Waals surface area contributed by atoms with E-state index in [1.165, 1.54) is 25.0 Å². The lowest BCUT2D eigenvalue weighted by atomic mass is 9.97. The fourth-order valence-electron chi connectivity index (χ4n) is 2.99. The van der Waals surface area contributed by atoms with Gasteiger partial charge in [0, 0.05) is 19.6 Å². The molecule has 1 heterocycles. The summed E-state index contributed by atoms with van der Waals surface area (Å²) >= 11 is 0. The number of guanidine groups is 1. The van der Waals surface area contributed by atoms with Gasteiger partial charge in [0.1, 0.15) is 0 Å². The fourth-order valence-corrected chi connectivity index (χ4v) is 2.99. The molecular formula is C19H30F3IN4. The van der Waals surface area contributed by atoms with Crippen LogP contribution in [0.1, 0.15) is 30.9 Å². The van der Waals surface area contributed by atoms with Gasteiger partial charge in [-0.05, 0) is 69.9 Å². The minimum absolute atomic E-state index is 0. The van der Waals surface area contributed by atoms with E-state index in [1.807, 2.05) is 6.92 Å². The molecule has 1 aromatic rings. The molecule has 0 spiro atoms. The van der Waals surface area contributed by atoms with Crippen molar-refractivity contribution in [2.24, 2.45) is 10.9 Å². The second-order valence-electron chi connectivity index (χ2n) is 6.84. The molecule has 0 unspecified atom stereocenters. The third-order valence-corrected chi connectivity index (χ3v) is 4.68. The molecule has 2 N–H and O–H groups in total. The highest BCUT2D eigenvalue weighted by Crippen LogP contribution is 2.29. The average Bonchev–Trinajstić information content (AvgIpc) is 2.61. The van der Waals surface area contributed by atoms with Gasteiger partial charge in [0.05, 0.1) is 5.56 Å². The molecule has 1 saturated heterocycles. The summed E-state index contributed by atoms with van der Waals surface area (Å²) in [7, 11) is 2.15. The van der Waals surface area contributed by atoms with Gasteiger partial charge in [0.15, 0.2) is 5.96 Å². The van der Waals surface area contributed by atoms with Crippen LogP contribution in [0.4, 0.5) is 13.2 Å². The van der Waals surface area contributed by atoms with E-state index in [0.717, 1.165) is 49.8 Å². The average molecular weight is 498 g/mol. The number of piperidine rings is 1. The first-order valence-corrected chi connectivity index (χ1v) is 9.25. The number of nitrogens with one attached hydrogen (secondary N) is 2. The molecule has 0 atom stereocenters. The molecule has 2 rings (SSSR count). The van der Waals surface area contributed by atoms with E-state index in [2.05, 4.69) is 27.6 Å². The Balaban J connectivity index is 0.00000364. The Morgan fingerprint density at radius 1 is 1.15 bits per heavy atom. The van der Waals surface area contributed by atoms with Crippen molar-refractivity contribution in [3.8, 4) is 0 Å². The maximum atomic E-state index is 12.6. The number of alkyl halides is 3. The monoisotopic (exact) mass is 498 g/mol. The summed E-state index contributed by atoms with van der Waals surface area (Å²) in [5, 5.41) is 6.49. The van der Waals surface area contributed by atoms with E-state index >= 15 is 0 Å². The number of halogens is 4. The van der Waals surface area contributed by atoms with Crippen LogP contribution < -0.4 is 10.6 Å². The Kier molecular flexibility index (Phi) is 10.4. The van der Waals surface area contributed by atoms with E-state index < -0.39 is 11.7 Å². The molecule has 154 valence electrons. The predicted molar refractivity (Wildman–Crippen MR) is 115 cm³/mol. The Bertz CT molecular complexity index is 567. The van der Waals surface area contributed by atoms with Crippen LogP contribution in [0.5, 0.6) is 0 Å². The van der Waals surface area contributed by atoms with Crippen LogP contribution in [0.15, 0.2) is 29.3 Å². The molecule has 0 aromatic heterocycles.